The molecule has 0 bridgehead atoms. The molecule has 2 rings (SSSR count). The molecule has 29 heavy (non-hydrogen) atoms. The predicted octanol–water partition coefficient (Wildman–Crippen LogP) is 3.35. The largest absolute Gasteiger partial charge is 0.462 e. The molecule has 0 saturated carbocycles. The number of esters is 1. The summed E-state index contributed by atoms with van der Waals surface area (Å²) < 4.78 is 4.94. The van der Waals surface area contributed by atoms with Crippen molar-refractivity contribution in [2.24, 2.45) is 0 Å². The highest BCUT2D eigenvalue weighted by Crippen LogP contribution is 2.23. The zero-order valence-corrected chi connectivity index (χ0v) is 17.3. The van der Waals surface area contributed by atoms with E-state index in [1.807, 2.05) is 0 Å². The van der Waals surface area contributed by atoms with Crippen molar-refractivity contribution in [3.8, 4) is 0 Å². The fourth-order valence-corrected chi connectivity index (χ4v) is 3.12. The molecule has 2 aromatic rings. The second-order valence-electron chi connectivity index (χ2n) is 6.06. The van der Waals surface area contributed by atoms with Gasteiger partial charge in [0.1, 0.15) is 4.88 Å². The van der Waals surface area contributed by atoms with Gasteiger partial charge in [-0.25, -0.2) is 9.78 Å². The molecule has 0 unspecified atom stereocenters. The van der Waals surface area contributed by atoms with Gasteiger partial charge in [0.05, 0.1) is 12.3 Å². The minimum atomic E-state index is -0.517. The lowest BCUT2D eigenvalue weighted by atomic mass is 10.1. The number of ketones is 1. The van der Waals surface area contributed by atoms with Gasteiger partial charge in [-0.05, 0) is 52.0 Å². The van der Waals surface area contributed by atoms with Gasteiger partial charge in [0.25, 0.3) is 5.91 Å². The Labute approximate surface area is 172 Å². The Morgan fingerprint density at radius 3 is 2.34 bits per heavy atom. The standard InChI is InChI=1S/C20H21N3O5S/c1-5-28-19(27)17-12(3)21-20(29-17)23-18(26)11(2)10-16(25)22-15-8-6-14(7-9-15)13(4)24/h6-10H,5H2,1-4H3,(H,22,25)(H,21,23,26)/b11-10-. The van der Waals surface area contributed by atoms with E-state index in [1.165, 1.54) is 13.8 Å². The number of carbonyl (C=O) groups is 4. The van der Waals surface area contributed by atoms with Crippen molar-refractivity contribution in [1.82, 2.24) is 4.98 Å². The zero-order chi connectivity index (χ0) is 21.6. The molecule has 0 aliphatic carbocycles. The molecule has 1 heterocycles. The van der Waals surface area contributed by atoms with Crippen LogP contribution < -0.4 is 10.6 Å². The van der Waals surface area contributed by atoms with Gasteiger partial charge in [0.2, 0.25) is 5.91 Å². The number of carbonyl (C=O) groups excluding carboxylic acids is 4. The van der Waals surface area contributed by atoms with Crippen LogP contribution in [0.5, 0.6) is 0 Å². The van der Waals surface area contributed by atoms with Crippen LogP contribution in [0, 0.1) is 6.92 Å². The summed E-state index contributed by atoms with van der Waals surface area (Å²) in [7, 11) is 0. The Morgan fingerprint density at radius 2 is 1.76 bits per heavy atom. The van der Waals surface area contributed by atoms with E-state index in [2.05, 4.69) is 15.6 Å². The van der Waals surface area contributed by atoms with Crippen molar-refractivity contribution in [3.63, 3.8) is 0 Å². The number of nitrogens with one attached hydrogen (secondary N) is 2. The molecule has 2 N–H and O–H groups in total. The maximum Gasteiger partial charge on any atom is 0.350 e. The highest BCUT2D eigenvalue weighted by molar-refractivity contribution is 7.17. The first-order chi connectivity index (χ1) is 13.7. The number of rotatable bonds is 7. The van der Waals surface area contributed by atoms with Crippen LogP contribution in [0.3, 0.4) is 0 Å². The maximum atomic E-state index is 12.3. The second-order valence-corrected chi connectivity index (χ2v) is 7.06. The topological polar surface area (TPSA) is 114 Å². The van der Waals surface area contributed by atoms with Crippen LogP contribution in [-0.2, 0) is 14.3 Å². The van der Waals surface area contributed by atoms with Gasteiger partial charge in [-0.2, -0.15) is 0 Å². The fourth-order valence-electron chi connectivity index (χ4n) is 2.26. The summed E-state index contributed by atoms with van der Waals surface area (Å²) in [6.45, 7) is 6.53. The molecule has 2 amide bonds. The summed E-state index contributed by atoms with van der Waals surface area (Å²) in [6, 6.07) is 6.42. The van der Waals surface area contributed by atoms with Gasteiger partial charge in [-0.15, -0.1) is 0 Å². The SMILES string of the molecule is CCOC(=O)c1sc(NC(=O)/C(C)=C\C(=O)Nc2ccc(C(C)=O)cc2)nc1C. The first kappa shape index (κ1) is 22.0. The van der Waals surface area contributed by atoms with E-state index in [1.54, 1.807) is 38.1 Å². The molecule has 0 radical (unpaired) electrons. The Morgan fingerprint density at radius 1 is 1.10 bits per heavy atom. The third-order valence-corrected chi connectivity index (χ3v) is 4.80. The molecular formula is C20H21N3O5S. The number of benzene rings is 1. The van der Waals surface area contributed by atoms with Crippen molar-refractivity contribution >= 4 is 45.7 Å². The number of aryl methyl sites for hydroxylation is 1. The first-order valence-electron chi connectivity index (χ1n) is 8.77. The lowest BCUT2D eigenvalue weighted by molar-refractivity contribution is -0.114. The number of anilines is 2. The number of thiazole rings is 1. The monoisotopic (exact) mass is 415 g/mol. The summed E-state index contributed by atoms with van der Waals surface area (Å²) in [5, 5.41) is 5.42. The van der Waals surface area contributed by atoms with Crippen molar-refractivity contribution in [2.45, 2.75) is 27.7 Å². The minimum Gasteiger partial charge on any atom is -0.462 e. The molecule has 0 aliphatic heterocycles. The molecule has 1 aromatic heterocycles. The normalized spacial score (nSPS) is 11.0. The molecule has 0 spiro atoms. The Bertz CT molecular complexity index is 977. The lowest BCUT2D eigenvalue weighted by Gasteiger charge is -2.05. The average Bonchev–Trinajstić information content (AvgIpc) is 3.02. The number of amides is 2. The summed E-state index contributed by atoms with van der Waals surface area (Å²) >= 11 is 1.01. The van der Waals surface area contributed by atoms with E-state index in [0.29, 0.717) is 21.8 Å². The summed E-state index contributed by atoms with van der Waals surface area (Å²) in [6.07, 6.45) is 1.15. The fraction of sp³-hybridized carbons (Fsp3) is 0.250. The van der Waals surface area contributed by atoms with Gasteiger partial charge in [0.15, 0.2) is 10.9 Å². The van der Waals surface area contributed by atoms with Crippen molar-refractivity contribution < 1.29 is 23.9 Å². The van der Waals surface area contributed by atoms with Crippen LogP contribution >= 0.6 is 11.3 Å². The third-order valence-electron chi connectivity index (χ3n) is 3.74. The van der Waals surface area contributed by atoms with Crippen LogP contribution in [0.25, 0.3) is 0 Å². The van der Waals surface area contributed by atoms with Crippen LogP contribution in [0.4, 0.5) is 10.8 Å². The average molecular weight is 415 g/mol. The van der Waals surface area contributed by atoms with E-state index in [-0.39, 0.29) is 23.1 Å². The number of Topliss-reactive ketones (excluding diaryl/α,β-unsaturated/α-hetero) is 1. The second kappa shape index (κ2) is 9.74. The Hall–Kier alpha value is -3.33. The van der Waals surface area contributed by atoms with Crippen molar-refractivity contribution in [1.29, 1.82) is 0 Å². The lowest BCUT2D eigenvalue weighted by Crippen LogP contribution is -2.16. The smallest absolute Gasteiger partial charge is 0.350 e. The molecule has 0 saturated heterocycles. The van der Waals surface area contributed by atoms with Gasteiger partial charge < -0.3 is 10.1 Å². The first-order valence-corrected chi connectivity index (χ1v) is 9.59. The molecular weight excluding hydrogens is 394 g/mol. The van der Waals surface area contributed by atoms with Gasteiger partial charge in [-0.1, -0.05) is 11.3 Å². The van der Waals surface area contributed by atoms with Crippen LogP contribution in [-0.4, -0.2) is 35.2 Å². The van der Waals surface area contributed by atoms with E-state index in [4.69, 9.17) is 4.74 Å². The number of aromatic nitrogens is 1. The zero-order valence-electron chi connectivity index (χ0n) is 16.5. The maximum absolute atomic E-state index is 12.3. The molecule has 0 aliphatic rings. The molecule has 9 heteroatoms. The summed E-state index contributed by atoms with van der Waals surface area (Å²) in [5.41, 5.74) is 1.65. The Balaban J connectivity index is 2.01. The molecule has 8 nitrogen and oxygen atoms in total. The summed E-state index contributed by atoms with van der Waals surface area (Å²) in [4.78, 5) is 51.9. The van der Waals surface area contributed by atoms with E-state index in [9.17, 15) is 19.2 Å². The van der Waals surface area contributed by atoms with E-state index < -0.39 is 17.8 Å². The van der Waals surface area contributed by atoms with E-state index in [0.717, 1.165) is 17.4 Å². The number of nitrogens with zero attached hydrogens (tertiary/aromatic N) is 1. The van der Waals surface area contributed by atoms with Gasteiger partial charge >= 0.3 is 5.97 Å². The van der Waals surface area contributed by atoms with Gasteiger partial charge in [0, 0.05) is 22.9 Å². The molecule has 0 fully saturated rings. The van der Waals surface area contributed by atoms with Gasteiger partial charge in [-0.3, -0.25) is 19.7 Å². The quantitative estimate of drug-likeness (QED) is 0.407. The van der Waals surface area contributed by atoms with Crippen molar-refractivity contribution in [3.05, 3.63) is 52.0 Å². The number of ether oxygens (including phenoxy) is 1. The van der Waals surface area contributed by atoms with Crippen LogP contribution in [0.1, 0.15) is 46.5 Å². The predicted molar refractivity (Wildman–Crippen MR) is 110 cm³/mol. The number of hydrogen-bond donors (Lipinski definition) is 2. The van der Waals surface area contributed by atoms with Crippen LogP contribution in [0.15, 0.2) is 35.9 Å². The van der Waals surface area contributed by atoms with Crippen LogP contribution in [0.2, 0.25) is 0 Å². The van der Waals surface area contributed by atoms with Crippen molar-refractivity contribution in [2.75, 3.05) is 17.2 Å². The van der Waals surface area contributed by atoms with E-state index >= 15 is 0 Å². The minimum absolute atomic E-state index is 0.0705. The molecule has 152 valence electrons. The third kappa shape index (κ3) is 6.08. The highest BCUT2D eigenvalue weighted by Gasteiger charge is 2.18. The molecule has 1 aromatic carbocycles. The molecule has 0 atom stereocenters. The number of hydrogen-bond acceptors (Lipinski definition) is 7. The summed E-state index contributed by atoms with van der Waals surface area (Å²) in [5.74, 6) is -1.57. The Kier molecular flexibility index (Phi) is 7.38. The highest BCUT2D eigenvalue weighted by atomic mass is 32.1.